The Labute approximate surface area is 125 Å². The second-order valence-corrected chi connectivity index (χ2v) is 7.29. The number of rotatable bonds is 0. The number of aromatic hydroxyl groups is 1. The molecule has 2 bridgehead atoms. The van der Waals surface area contributed by atoms with Crippen molar-refractivity contribution in [1.82, 2.24) is 4.90 Å². The van der Waals surface area contributed by atoms with Gasteiger partial charge in [0, 0.05) is 17.0 Å². The van der Waals surface area contributed by atoms with Gasteiger partial charge in [0.25, 0.3) is 0 Å². The summed E-state index contributed by atoms with van der Waals surface area (Å²) < 4.78 is 6.29. The van der Waals surface area contributed by atoms with Gasteiger partial charge in [0.05, 0.1) is 0 Å². The maximum absolute atomic E-state index is 10.3. The molecule has 2 aliphatic carbocycles. The number of hydrogen-bond donors (Lipinski definition) is 1. The van der Waals surface area contributed by atoms with Crippen LogP contribution in [0.15, 0.2) is 24.3 Å². The van der Waals surface area contributed by atoms with Gasteiger partial charge in [-0.25, -0.2) is 0 Å². The molecule has 2 aliphatic heterocycles. The van der Waals surface area contributed by atoms with E-state index in [1.807, 2.05) is 0 Å². The Balaban J connectivity index is 1.83. The Bertz CT molecular complexity index is 667. The topological polar surface area (TPSA) is 32.7 Å². The molecule has 0 amide bonds. The fourth-order valence-electron chi connectivity index (χ4n) is 5.66. The van der Waals surface area contributed by atoms with Crippen molar-refractivity contribution in [2.75, 3.05) is 13.6 Å². The van der Waals surface area contributed by atoms with E-state index >= 15 is 0 Å². The van der Waals surface area contributed by atoms with Crippen LogP contribution in [-0.2, 0) is 11.8 Å². The third-order valence-electron chi connectivity index (χ3n) is 6.54. The summed E-state index contributed by atoms with van der Waals surface area (Å²) in [6, 6.07) is 4.53. The SMILES string of the molecule is C=C1CC[C@H]2C3Cc4ccc(O)c5c4[C@@]2(CCN3C)[C@H]1O5. The van der Waals surface area contributed by atoms with Gasteiger partial charge in [-0.1, -0.05) is 12.6 Å². The highest BCUT2D eigenvalue weighted by Crippen LogP contribution is 2.64. The van der Waals surface area contributed by atoms with E-state index in [9.17, 15) is 5.11 Å². The summed E-state index contributed by atoms with van der Waals surface area (Å²) in [4.78, 5) is 2.54. The fourth-order valence-corrected chi connectivity index (χ4v) is 5.66. The van der Waals surface area contributed by atoms with Crippen LogP contribution in [0.5, 0.6) is 11.5 Å². The van der Waals surface area contributed by atoms with E-state index in [1.165, 1.54) is 23.1 Å². The first-order valence-electron chi connectivity index (χ1n) is 8.03. The summed E-state index contributed by atoms with van der Waals surface area (Å²) in [5, 5.41) is 10.3. The van der Waals surface area contributed by atoms with Crippen molar-refractivity contribution in [2.45, 2.75) is 43.2 Å². The van der Waals surface area contributed by atoms with Crippen LogP contribution in [0.1, 0.15) is 30.4 Å². The molecule has 1 unspecified atom stereocenters. The Kier molecular flexibility index (Phi) is 2.10. The van der Waals surface area contributed by atoms with Gasteiger partial charge in [0.2, 0.25) is 0 Å². The number of piperidine rings is 1. The zero-order valence-corrected chi connectivity index (χ0v) is 12.4. The van der Waals surface area contributed by atoms with E-state index in [2.05, 4.69) is 24.6 Å². The molecule has 2 fully saturated rings. The second-order valence-electron chi connectivity index (χ2n) is 7.29. The minimum Gasteiger partial charge on any atom is -0.504 e. The van der Waals surface area contributed by atoms with Gasteiger partial charge < -0.3 is 14.7 Å². The lowest BCUT2D eigenvalue weighted by Gasteiger charge is -2.58. The molecule has 1 saturated carbocycles. The van der Waals surface area contributed by atoms with E-state index in [4.69, 9.17) is 4.74 Å². The maximum atomic E-state index is 10.3. The Hall–Kier alpha value is -1.48. The lowest BCUT2D eigenvalue weighted by molar-refractivity contribution is -0.0214. The van der Waals surface area contributed by atoms with Gasteiger partial charge in [-0.05, 0) is 62.4 Å². The van der Waals surface area contributed by atoms with Crippen molar-refractivity contribution >= 4 is 0 Å². The molecule has 1 N–H and O–H groups in total. The smallest absolute Gasteiger partial charge is 0.166 e. The first-order chi connectivity index (χ1) is 10.1. The molecule has 4 aliphatic rings. The summed E-state index contributed by atoms with van der Waals surface area (Å²) in [6.45, 7) is 5.41. The minimum absolute atomic E-state index is 0.0775. The normalized spacial score (nSPS) is 39.9. The summed E-state index contributed by atoms with van der Waals surface area (Å²) in [7, 11) is 2.26. The lowest BCUT2D eigenvalue weighted by atomic mass is 9.51. The van der Waals surface area contributed by atoms with Crippen molar-refractivity contribution < 1.29 is 9.84 Å². The van der Waals surface area contributed by atoms with Gasteiger partial charge in [-0.2, -0.15) is 0 Å². The van der Waals surface area contributed by atoms with Crippen LogP contribution in [0.4, 0.5) is 0 Å². The molecule has 0 aromatic heterocycles. The predicted octanol–water partition coefficient (Wildman–Crippen LogP) is 2.62. The van der Waals surface area contributed by atoms with Crippen molar-refractivity contribution in [3.8, 4) is 11.5 Å². The number of phenolic OH excluding ortho intramolecular Hbond substituents is 1. The molecule has 0 radical (unpaired) electrons. The van der Waals surface area contributed by atoms with E-state index < -0.39 is 0 Å². The van der Waals surface area contributed by atoms with Crippen molar-refractivity contribution in [3.63, 3.8) is 0 Å². The summed E-state index contributed by atoms with van der Waals surface area (Å²) >= 11 is 0. The third-order valence-corrected chi connectivity index (χ3v) is 6.54. The molecular weight excluding hydrogens is 262 g/mol. The molecule has 110 valence electrons. The van der Waals surface area contributed by atoms with Crippen LogP contribution in [-0.4, -0.2) is 35.7 Å². The zero-order chi connectivity index (χ0) is 14.4. The van der Waals surface area contributed by atoms with Crippen LogP contribution in [0.25, 0.3) is 0 Å². The molecule has 4 atom stereocenters. The number of likely N-dealkylation sites (N-methyl/N-ethyl adjacent to an activating group) is 1. The van der Waals surface area contributed by atoms with Crippen LogP contribution in [0.2, 0.25) is 0 Å². The van der Waals surface area contributed by atoms with E-state index in [1.54, 1.807) is 6.07 Å². The van der Waals surface area contributed by atoms with Crippen molar-refractivity contribution in [3.05, 3.63) is 35.4 Å². The molecule has 2 heterocycles. The molecule has 5 rings (SSSR count). The van der Waals surface area contributed by atoms with Crippen LogP contribution in [0.3, 0.4) is 0 Å². The second kappa shape index (κ2) is 3.64. The number of hydrogen-bond acceptors (Lipinski definition) is 3. The maximum Gasteiger partial charge on any atom is 0.166 e. The van der Waals surface area contributed by atoms with Gasteiger partial charge >= 0.3 is 0 Å². The van der Waals surface area contributed by atoms with Gasteiger partial charge in [-0.15, -0.1) is 0 Å². The van der Waals surface area contributed by atoms with E-state index in [0.717, 1.165) is 31.6 Å². The first kappa shape index (κ1) is 12.1. The summed E-state index contributed by atoms with van der Waals surface area (Å²) in [5.74, 6) is 1.71. The van der Waals surface area contributed by atoms with E-state index in [-0.39, 0.29) is 11.5 Å². The monoisotopic (exact) mass is 283 g/mol. The van der Waals surface area contributed by atoms with Crippen molar-refractivity contribution in [1.29, 1.82) is 0 Å². The van der Waals surface area contributed by atoms with E-state index in [0.29, 0.717) is 17.7 Å². The Morgan fingerprint density at radius 1 is 1.43 bits per heavy atom. The standard InChI is InChI=1S/C18H21NO2/c1-10-3-5-12-13-9-11-4-6-14(20)16-15(11)18(12,17(10)21-16)7-8-19(13)2/h4,6,12-13,17,20H,1,3,5,7-9H2,2H3/t12-,13?,17-,18-/m0/s1. The molecule has 1 aromatic carbocycles. The first-order valence-corrected chi connectivity index (χ1v) is 8.03. The molecule has 1 aromatic rings. The molecule has 3 heteroatoms. The van der Waals surface area contributed by atoms with Crippen LogP contribution in [0, 0.1) is 5.92 Å². The zero-order valence-electron chi connectivity index (χ0n) is 12.4. The summed E-state index contributed by atoms with van der Waals surface area (Å²) in [6.07, 6.45) is 4.56. The summed E-state index contributed by atoms with van der Waals surface area (Å²) in [5.41, 5.74) is 4.00. The molecule has 21 heavy (non-hydrogen) atoms. The fraction of sp³-hybridized carbons (Fsp3) is 0.556. The van der Waals surface area contributed by atoms with Crippen LogP contribution >= 0.6 is 0 Å². The molecule has 3 nitrogen and oxygen atoms in total. The van der Waals surface area contributed by atoms with Gasteiger partial charge in [0.1, 0.15) is 6.10 Å². The number of likely N-dealkylation sites (tertiary alicyclic amines) is 1. The molecular formula is C18H21NO2. The number of benzene rings is 1. The average Bonchev–Trinajstić information content (AvgIpc) is 2.83. The van der Waals surface area contributed by atoms with Gasteiger partial charge in [-0.3, -0.25) is 0 Å². The highest BCUT2D eigenvalue weighted by molar-refractivity contribution is 5.61. The highest BCUT2D eigenvalue weighted by atomic mass is 16.5. The Morgan fingerprint density at radius 2 is 2.29 bits per heavy atom. The Morgan fingerprint density at radius 3 is 3.14 bits per heavy atom. The average molecular weight is 283 g/mol. The quantitative estimate of drug-likeness (QED) is 0.743. The number of nitrogens with zero attached hydrogens (tertiary/aromatic N) is 1. The highest BCUT2D eigenvalue weighted by Gasteiger charge is 2.63. The van der Waals surface area contributed by atoms with Gasteiger partial charge in [0.15, 0.2) is 11.5 Å². The largest absolute Gasteiger partial charge is 0.504 e. The lowest BCUT2D eigenvalue weighted by Crippen LogP contribution is -2.63. The molecule has 1 spiro atoms. The number of ether oxygens (including phenoxy) is 1. The third kappa shape index (κ3) is 1.21. The number of phenols is 1. The van der Waals surface area contributed by atoms with Crippen molar-refractivity contribution in [2.24, 2.45) is 5.92 Å². The van der Waals surface area contributed by atoms with Crippen LogP contribution < -0.4 is 4.74 Å². The predicted molar refractivity (Wildman–Crippen MR) is 80.8 cm³/mol. The minimum atomic E-state index is 0.0775. The molecule has 1 saturated heterocycles.